The molecule has 3 aromatic carbocycles. The third-order valence-corrected chi connectivity index (χ3v) is 7.72. The summed E-state index contributed by atoms with van der Waals surface area (Å²) in [5.74, 6) is 0. The highest BCUT2D eigenvalue weighted by Crippen LogP contribution is 2.32. The van der Waals surface area contributed by atoms with Crippen LogP contribution in [0.4, 0.5) is 0 Å². The Kier molecular flexibility index (Phi) is 8.43. The Morgan fingerprint density at radius 2 is 0.931 bits per heavy atom. The largest absolute Gasteiger partial charge is 0.166 e. The molecule has 0 atom stereocenters. The van der Waals surface area contributed by atoms with Gasteiger partial charge in [0.2, 0.25) is 0 Å². The van der Waals surface area contributed by atoms with Gasteiger partial charge in [0.05, 0.1) is 10.9 Å². The number of benzene rings is 3. The molecule has 29 heavy (non-hydrogen) atoms. The molecule has 0 nitrogen and oxygen atoms in total. The Morgan fingerprint density at radius 3 is 1.41 bits per heavy atom. The smallest absolute Gasteiger partial charge is 0.0654 e. The number of rotatable bonds is 10. The molecule has 3 rings (SSSR count). The van der Waals surface area contributed by atoms with Crippen molar-refractivity contribution in [2.45, 2.75) is 80.4 Å². The van der Waals surface area contributed by atoms with Crippen LogP contribution in [-0.4, -0.2) is 0 Å². The lowest BCUT2D eigenvalue weighted by Gasteiger charge is -2.09. The molecule has 0 saturated heterocycles. The Bertz CT molecular complexity index is 799. The quantitative estimate of drug-likeness (QED) is 0.236. The Labute approximate surface area is 180 Å². The van der Waals surface area contributed by atoms with Gasteiger partial charge in [-0.15, -0.1) is 0 Å². The van der Waals surface area contributed by atoms with Crippen molar-refractivity contribution in [3.05, 3.63) is 89.5 Å². The van der Waals surface area contributed by atoms with Crippen molar-refractivity contribution in [2.24, 2.45) is 0 Å². The van der Waals surface area contributed by atoms with E-state index in [-0.39, 0.29) is 10.9 Å². The Balaban J connectivity index is 1.74. The maximum Gasteiger partial charge on any atom is 0.166 e. The summed E-state index contributed by atoms with van der Waals surface area (Å²) in [6, 6.07) is 27.5. The minimum Gasteiger partial charge on any atom is -0.0654 e. The second-order valence-corrected chi connectivity index (χ2v) is 10.1. The molecule has 1 heteroatoms. The molecule has 0 unspecified atom stereocenters. The standard InChI is InChI=1S/C28H35S/c1-4-5-6-7-8-9-10-25-15-21-28(22-16-25)29(26-17-11-23(2)12-18-26)27-19-13-24(3)14-20-27/h11-22H,4-10H2,1-3H3/q+1. The fourth-order valence-electron chi connectivity index (χ4n) is 3.66. The van der Waals surface area contributed by atoms with E-state index in [0.717, 1.165) is 0 Å². The molecule has 0 spiro atoms. The molecule has 0 radical (unpaired) electrons. The van der Waals surface area contributed by atoms with E-state index in [2.05, 4.69) is 93.6 Å². The van der Waals surface area contributed by atoms with Gasteiger partial charge < -0.3 is 0 Å². The van der Waals surface area contributed by atoms with Crippen molar-refractivity contribution >= 4 is 10.9 Å². The Hall–Kier alpha value is -1.99. The van der Waals surface area contributed by atoms with E-state index in [1.54, 1.807) is 0 Å². The molecule has 0 aliphatic rings. The van der Waals surface area contributed by atoms with Crippen molar-refractivity contribution in [1.29, 1.82) is 0 Å². The predicted octanol–water partition coefficient (Wildman–Crippen LogP) is 8.30. The Morgan fingerprint density at radius 1 is 0.517 bits per heavy atom. The lowest BCUT2D eigenvalue weighted by atomic mass is 10.1. The molecule has 0 amide bonds. The van der Waals surface area contributed by atoms with E-state index in [1.165, 1.54) is 76.3 Å². The summed E-state index contributed by atoms with van der Waals surface area (Å²) in [6.07, 6.45) is 9.36. The van der Waals surface area contributed by atoms with E-state index in [0.29, 0.717) is 0 Å². The summed E-state index contributed by atoms with van der Waals surface area (Å²) in [5, 5.41) is 0. The van der Waals surface area contributed by atoms with Gasteiger partial charge in [-0.2, -0.15) is 0 Å². The monoisotopic (exact) mass is 403 g/mol. The number of hydrogen-bond acceptors (Lipinski definition) is 0. The van der Waals surface area contributed by atoms with Crippen LogP contribution in [0.25, 0.3) is 0 Å². The van der Waals surface area contributed by atoms with Crippen LogP contribution in [0.3, 0.4) is 0 Å². The molecule has 0 aromatic heterocycles. The lowest BCUT2D eigenvalue weighted by Crippen LogP contribution is -2.05. The fraction of sp³-hybridized carbons (Fsp3) is 0.357. The van der Waals surface area contributed by atoms with E-state index < -0.39 is 0 Å². The average molecular weight is 404 g/mol. The number of unbranched alkanes of at least 4 members (excludes halogenated alkanes) is 5. The van der Waals surface area contributed by atoms with Crippen LogP contribution >= 0.6 is 0 Å². The molecule has 0 bridgehead atoms. The van der Waals surface area contributed by atoms with Crippen molar-refractivity contribution in [3.8, 4) is 0 Å². The topological polar surface area (TPSA) is 0 Å². The van der Waals surface area contributed by atoms with Gasteiger partial charge in [-0.05, 0) is 68.7 Å². The summed E-state index contributed by atoms with van der Waals surface area (Å²) in [5.41, 5.74) is 4.10. The maximum absolute atomic E-state index is 2.36. The van der Waals surface area contributed by atoms with Crippen molar-refractivity contribution in [3.63, 3.8) is 0 Å². The summed E-state index contributed by atoms with van der Waals surface area (Å²) in [6.45, 7) is 6.60. The first-order valence-electron chi connectivity index (χ1n) is 11.1. The van der Waals surface area contributed by atoms with Gasteiger partial charge in [0, 0.05) is 0 Å². The van der Waals surface area contributed by atoms with Crippen LogP contribution in [0.15, 0.2) is 87.5 Å². The molecule has 0 heterocycles. The zero-order chi connectivity index (χ0) is 20.5. The van der Waals surface area contributed by atoms with Crippen LogP contribution in [0.5, 0.6) is 0 Å². The van der Waals surface area contributed by atoms with E-state index in [1.807, 2.05) is 0 Å². The first kappa shape index (κ1) is 21.7. The van der Waals surface area contributed by atoms with Crippen LogP contribution in [-0.2, 0) is 17.3 Å². The third-order valence-electron chi connectivity index (χ3n) is 5.49. The first-order valence-corrected chi connectivity index (χ1v) is 12.4. The molecular weight excluding hydrogens is 368 g/mol. The minimum atomic E-state index is -0.0506. The minimum absolute atomic E-state index is 0.0506. The van der Waals surface area contributed by atoms with Gasteiger partial charge in [0.1, 0.15) is 0 Å². The molecule has 0 aliphatic carbocycles. The highest BCUT2D eigenvalue weighted by Gasteiger charge is 2.28. The van der Waals surface area contributed by atoms with Gasteiger partial charge in [-0.1, -0.05) is 86.6 Å². The zero-order valence-corrected chi connectivity index (χ0v) is 19.1. The maximum atomic E-state index is 2.36. The van der Waals surface area contributed by atoms with Gasteiger partial charge in [0.25, 0.3) is 0 Å². The van der Waals surface area contributed by atoms with Gasteiger partial charge in [0.15, 0.2) is 14.7 Å². The van der Waals surface area contributed by atoms with Crippen LogP contribution in [0.1, 0.15) is 62.1 Å². The normalized spacial score (nSPS) is 11.2. The molecule has 0 aliphatic heterocycles. The second kappa shape index (κ2) is 11.3. The first-order chi connectivity index (χ1) is 14.2. The van der Waals surface area contributed by atoms with Crippen molar-refractivity contribution < 1.29 is 0 Å². The summed E-state index contributed by atoms with van der Waals surface area (Å²) < 4.78 is 0. The van der Waals surface area contributed by atoms with Gasteiger partial charge in [-0.3, -0.25) is 0 Å². The van der Waals surface area contributed by atoms with E-state index in [4.69, 9.17) is 0 Å². The third kappa shape index (κ3) is 6.51. The van der Waals surface area contributed by atoms with Crippen LogP contribution in [0.2, 0.25) is 0 Å². The molecular formula is C28H35S+. The molecule has 152 valence electrons. The fourth-order valence-corrected chi connectivity index (χ4v) is 5.70. The van der Waals surface area contributed by atoms with Crippen LogP contribution < -0.4 is 0 Å². The number of hydrogen-bond donors (Lipinski definition) is 0. The van der Waals surface area contributed by atoms with Crippen LogP contribution in [0, 0.1) is 13.8 Å². The van der Waals surface area contributed by atoms with E-state index >= 15 is 0 Å². The summed E-state index contributed by atoms with van der Waals surface area (Å²) in [7, 11) is -0.0506. The second-order valence-electron chi connectivity index (χ2n) is 8.09. The lowest BCUT2D eigenvalue weighted by molar-refractivity contribution is 0.607. The summed E-state index contributed by atoms with van der Waals surface area (Å²) >= 11 is 0. The van der Waals surface area contributed by atoms with Gasteiger partial charge in [-0.25, -0.2) is 0 Å². The average Bonchev–Trinajstić information content (AvgIpc) is 2.74. The molecule has 0 fully saturated rings. The summed E-state index contributed by atoms with van der Waals surface area (Å²) in [4.78, 5) is 4.19. The van der Waals surface area contributed by atoms with Gasteiger partial charge >= 0.3 is 0 Å². The molecule has 0 N–H and O–H groups in total. The van der Waals surface area contributed by atoms with Crippen molar-refractivity contribution in [1.82, 2.24) is 0 Å². The highest BCUT2D eigenvalue weighted by molar-refractivity contribution is 7.97. The zero-order valence-electron chi connectivity index (χ0n) is 18.3. The molecule has 0 saturated carbocycles. The van der Waals surface area contributed by atoms with E-state index in [9.17, 15) is 0 Å². The SMILES string of the molecule is CCCCCCCCc1ccc([S+](c2ccc(C)cc2)c2ccc(C)cc2)cc1. The molecule has 3 aromatic rings. The van der Waals surface area contributed by atoms with Crippen molar-refractivity contribution in [2.75, 3.05) is 0 Å². The number of aryl methyl sites for hydroxylation is 3. The highest BCUT2D eigenvalue weighted by atomic mass is 32.2. The predicted molar refractivity (Wildman–Crippen MR) is 128 cm³/mol.